The van der Waals surface area contributed by atoms with Crippen molar-refractivity contribution < 1.29 is 4.21 Å². The molecule has 0 aromatic carbocycles. The lowest BCUT2D eigenvalue weighted by Gasteiger charge is -2.52. The van der Waals surface area contributed by atoms with Gasteiger partial charge in [-0.3, -0.25) is 0 Å². The average Bonchev–Trinajstić information content (AvgIpc) is 2.00. The van der Waals surface area contributed by atoms with E-state index in [1.807, 2.05) is 0 Å². The smallest absolute Gasteiger partial charge is 0.104 e. The minimum atomic E-state index is -2.43. The largest absolute Gasteiger partial charge is 0.317 e. The molecule has 1 unspecified atom stereocenters. The van der Waals surface area contributed by atoms with Gasteiger partial charge in [-0.15, -0.1) is 0 Å². The second kappa shape index (κ2) is 2.93. The maximum atomic E-state index is 11.4. The van der Waals surface area contributed by atoms with Gasteiger partial charge in [0.05, 0.1) is 0 Å². The van der Waals surface area contributed by atoms with Crippen molar-refractivity contribution in [1.29, 1.82) is 4.78 Å². The van der Waals surface area contributed by atoms with Crippen molar-refractivity contribution in [3.63, 3.8) is 0 Å². The first-order chi connectivity index (χ1) is 6.02. The quantitative estimate of drug-likeness (QED) is 0.642. The van der Waals surface area contributed by atoms with Gasteiger partial charge in [0.15, 0.2) is 0 Å². The summed E-state index contributed by atoms with van der Waals surface area (Å²) in [5.41, 5.74) is 0.394. The zero-order chi connectivity index (χ0) is 9.53. The highest BCUT2D eigenvalue weighted by molar-refractivity contribution is 7.89. The van der Waals surface area contributed by atoms with Crippen molar-refractivity contribution in [2.24, 2.45) is 5.41 Å². The topological polar surface area (TPSA) is 56.2 Å². The van der Waals surface area contributed by atoms with Crippen LogP contribution in [0.25, 0.3) is 0 Å². The summed E-state index contributed by atoms with van der Waals surface area (Å²) >= 11 is 0. The molecule has 0 aromatic heterocycles. The van der Waals surface area contributed by atoms with Gasteiger partial charge >= 0.3 is 0 Å². The highest BCUT2D eigenvalue weighted by atomic mass is 32.2. The first-order valence-electron chi connectivity index (χ1n) is 4.72. The van der Waals surface area contributed by atoms with Gasteiger partial charge in [-0.05, 0) is 25.9 Å². The molecule has 2 heterocycles. The molecular formula is C8H17N3OS. The van der Waals surface area contributed by atoms with Gasteiger partial charge in [-0.25, -0.2) is 13.3 Å². The third-order valence-corrected chi connectivity index (χ3v) is 4.42. The van der Waals surface area contributed by atoms with E-state index in [1.54, 1.807) is 4.31 Å². The van der Waals surface area contributed by atoms with Crippen LogP contribution in [0.2, 0.25) is 0 Å². The lowest BCUT2D eigenvalue weighted by molar-refractivity contribution is 0.0402. The number of nitrogens with zero attached hydrogens (tertiary/aromatic N) is 1. The molecule has 13 heavy (non-hydrogen) atoms. The lowest BCUT2D eigenvalue weighted by Crippen LogP contribution is -2.60. The Hall–Kier alpha value is -0.130. The molecule has 5 heteroatoms. The van der Waals surface area contributed by atoms with Gasteiger partial charge < -0.3 is 5.32 Å². The van der Waals surface area contributed by atoms with Crippen LogP contribution in [-0.2, 0) is 9.92 Å². The Balaban J connectivity index is 1.96. The van der Waals surface area contributed by atoms with Gasteiger partial charge in [0.25, 0.3) is 0 Å². The summed E-state index contributed by atoms with van der Waals surface area (Å²) in [6.45, 7) is 3.90. The molecule has 2 aliphatic rings. The van der Waals surface area contributed by atoms with Crippen LogP contribution in [-0.4, -0.2) is 40.9 Å². The molecule has 4 nitrogen and oxygen atoms in total. The third kappa shape index (κ3) is 1.73. The minimum absolute atomic E-state index is 0.394. The second-order valence-corrected chi connectivity index (χ2v) is 6.47. The molecule has 2 rings (SSSR count). The van der Waals surface area contributed by atoms with Crippen molar-refractivity contribution in [1.82, 2.24) is 9.62 Å². The predicted molar refractivity (Wildman–Crippen MR) is 52.9 cm³/mol. The molecule has 2 saturated heterocycles. The summed E-state index contributed by atoms with van der Waals surface area (Å²) in [6.07, 6.45) is 3.87. The molecule has 0 aliphatic carbocycles. The van der Waals surface area contributed by atoms with Crippen LogP contribution < -0.4 is 5.32 Å². The zero-order valence-corrected chi connectivity index (χ0v) is 8.82. The van der Waals surface area contributed by atoms with Gasteiger partial charge in [0.1, 0.15) is 9.92 Å². The van der Waals surface area contributed by atoms with Crippen LogP contribution >= 0.6 is 0 Å². The van der Waals surface area contributed by atoms with Gasteiger partial charge in [-0.1, -0.05) is 0 Å². The van der Waals surface area contributed by atoms with Crippen molar-refractivity contribution in [3.05, 3.63) is 0 Å². The van der Waals surface area contributed by atoms with Crippen molar-refractivity contribution in [3.8, 4) is 0 Å². The van der Waals surface area contributed by atoms with Crippen molar-refractivity contribution in [2.75, 3.05) is 32.4 Å². The maximum Gasteiger partial charge on any atom is 0.104 e. The summed E-state index contributed by atoms with van der Waals surface area (Å²) in [5, 5.41) is 3.32. The molecule has 0 bridgehead atoms. The fourth-order valence-corrected chi connectivity index (χ4v) is 3.26. The molecule has 0 radical (unpaired) electrons. The first-order valence-corrected chi connectivity index (χ1v) is 6.64. The fourth-order valence-electron chi connectivity index (χ4n) is 2.22. The Morgan fingerprint density at radius 3 is 2.38 bits per heavy atom. The summed E-state index contributed by atoms with van der Waals surface area (Å²) < 4.78 is 20.6. The zero-order valence-electron chi connectivity index (χ0n) is 8.01. The van der Waals surface area contributed by atoms with E-state index in [0.29, 0.717) is 5.41 Å². The molecule has 0 amide bonds. The van der Waals surface area contributed by atoms with E-state index in [0.717, 1.165) is 26.2 Å². The summed E-state index contributed by atoms with van der Waals surface area (Å²) in [5.74, 6) is 0. The SMILES string of the molecule is CS(=N)(=O)N1CC2(CCNCC2)C1. The van der Waals surface area contributed by atoms with Gasteiger partial charge in [0.2, 0.25) is 0 Å². The monoisotopic (exact) mass is 203 g/mol. The van der Waals surface area contributed by atoms with Crippen LogP contribution in [0, 0.1) is 10.2 Å². The molecule has 2 N–H and O–H groups in total. The summed E-state index contributed by atoms with van der Waals surface area (Å²) in [7, 11) is -2.43. The number of piperidine rings is 1. The Morgan fingerprint density at radius 1 is 1.38 bits per heavy atom. The van der Waals surface area contributed by atoms with E-state index in [1.165, 1.54) is 19.1 Å². The predicted octanol–water partition coefficient (Wildman–Crippen LogP) is 0.263. The van der Waals surface area contributed by atoms with Crippen LogP contribution in [0.5, 0.6) is 0 Å². The fraction of sp³-hybridized carbons (Fsp3) is 1.00. The van der Waals surface area contributed by atoms with Gasteiger partial charge in [-0.2, -0.15) is 0 Å². The second-order valence-electron chi connectivity index (χ2n) is 4.35. The average molecular weight is 203 g/mol. The lowest BCUT2D eigenvalue weighted by atomic mass is 9.74. The Bertz CT molecular complexity index is 285. The summed E-state index contributed by atoms with van der Waals surface area (Å²) in [6, 6.07) is 0. The number of hydrogen-bond donors (Lipinski definition) is 2. The number of rotatable bonds is 1. The third-order valence-electron chi connectivity index (χ3n) is 3.18. The minimum Gasteiger partial charge on any atom is -0.317 e. The van der Waals surface area contributed by atoms with E-state index in [-0.39, 0.29) is 0 Å². The highest BCUT2D eigenvalue weighted by Crippen LogP contribution is 2.39. The summed E-state index contributed by atoms with van der Waals surface area (Å²) in [4.78, 5) is 0. The van der Waals surface area contributed by atoms with Crippen molar-refractivity contribution >= 4 is 9.92 Å². The normalized spacial score (nSPS) is 32.4. The van der Waals surface area contributed by atoms with E-state index in [4.69, 9.17) is 4.78 Å². The number of nitrogens with one attached hydrogen (secondary N) is 2. The Morgan fingerprint density at radius 2 is 1.92 bits per heavy atom. The van der Waals surface area contributed by atoms with E-state index in [9.17, 15) is 4.21 Å². The van der Waals surface area contributed by atoms with Crippen molar-refractivity contribution in [2.45, 2.75) is 12.8 Å². The molecule has 2 aliphatic heterocycles. The van der Waals surface area contributed by atoms with Crippen LogP contribution in [0.3, 0.4) is 0 Å². The van der Waals surface area contributed by atoms with Gasteiger partial charge in [0, 0.05) is 24.8 Å². The highest BCUT2D eigenvalue weighted by Gasteiger charge is 2.45. The molecule has 0 saturated carbocycles. The number of hydrogen-bond acceptors (Lipinski definition) is 3. The van der Waals surface area contributed by atoms with E-state index in [2.05, 4.69) is 5.32 Å². The molecule has 2 fully saturated rings. The van der Waals surface area contributed by atoms with Crippen LogP contribution in [0.15, 0.2) is 0 Å². The van der Waals surface area contributed by atoms with E-state index >= 15 is 0 Å². The Labute approximate surface area is 79.8 Å². The molecule has 76 valence electrons. The maximum absolute atomic E-state index is 11.4. The first kappa shape index (κ1) is 9.43. The van der Waals surface area contributed by atoms with Crippen LogP contribution in [0.1, 0.15) is 12.8 Å². The molecule has 0 aromatic rings. The Kier molecular flexibility index (Phi) is 2.13. The molecular weight excluding hydrogens is 186 g/mol. The van der Waals surface area contributed by atoms with Crippen LogP contribution in [0.4, 0.5) is 0 Å². The molecule has 1 spiro atoms. The standard InChI is InChI=1S/C8H17N3OS/c1-13(9,12)11-6-8(7-11)2-4-10-5-3-8/h9-10H,2-7H2,1H3. The molecule has 1 atom stereocenters. The van der Waals surface area contributed by atoms with E-state index < -0.39 is 9.92 Å².